The Morgan fingerprint density at radius 2 is 1.74 bits per heavy atom. The van der Waals surface area contributed by atoms with Crippen LogP contribution in [0.25, 0.3) is 0 Å². The smallest absolute Gasteiger partial charge is 0.372 e. The molecule has 0 amide bonds. The molecule has 1 aromatic heterocycles. The second-order valence-electron chi connectivity index (χ2n) is 8.88. The molecule has 2 fully saturated rings. The summed E-state index contributed by atoms with van der Waals surface area (Å²) in [7, 11) is 0. The van der Waals surface area contributed by atoms with Crippen molar-refractivity contribution in [1.29, 1.82) is 0 Å². The first-order valence-corrected chi connectivity index (χ1v) is 10.5. The fourth-order valence-electron chi connectivity index (χ4n) is 4.91. The Kier molecular flexibility index (Phi) is 6.34. The largest absolute Gasteiger partial charge is 0.416 e. The molecule has 34 heavy (non-hydrogen) atoms. The number of benzene rings is 1. The minimum Gasteiger partial charge on any atom is -0.372 e. The summed E-state index contributed by atoms with van der Waals surface area (Å²) in [5.74, 6) is 0.00705. The van der Waals surface area contributed by atoms with Crippen LogP contribution in [0, 0.1) is 0 Å². The summed E-state index contributed by atoms with van der Waals surface area (Å²) in [6.07, 6.45) is -11.6. The zero-order chi connectivity index (χ0) is 24.9. The molecule has 4 atom stereocenters. The third kappa shape index (κ3) is 5.02. The Morgan fingerprint density at radius 3 is 2.32 bits per heavy atom. The van der Waals surface area contributed by atoms with Gasteiger partial charge in [0.15, 0.2) is 5.82 Å². The van der Waals surface area contributed by atoms with Crippen LogP contribution in [-0.4, -0.2) is 44.3 Å². The molecule has 0 radical (unpaired) electrons. The predicted molar refractivity (Wildman–Crippen MR) is 101 cm³/mol. The van der Waals surface area contributed by atoms with Crippen molar-refractivity contribution in [3.05, 3.63) is 40.7 Å². The van der Waals surface area contributed by atoms with E-state index < -0.39 is 54.7 Å². The number of piperidine rings is 1. The minimum absolute atomic E-state index is 0.0721. The van der Waals surface area contributed by atoms with Crippen LogP contribution in [0.4, 0.5) is 35.1 Å². The van der Waals surface area contributed by atoms with Gasteiger partial charge in [0.2, 0.25) is 0 Å². The van der Waals surface area contributed by atoms with Crippen LogP contribution in [0.1, 0.15) is 54.6 Å². The van der Waals surface area contributed by atoms with Gasteiger partial charge in [0.05, 0.1) is 23.8 Å². The molecule has 3 heterocycles. The van der Waals surface area contributed by atoms with Crippen LogP contribution in [0.15, 0.2) is 18.2 Å². The average Bonchev–Trinajstić information content (AvgIpc) is 3.27. The number of rotatable bonds is 6. The number of aromatic nitrogens is 4. The highest BCUT2D eigenvalue weighted by Gasteiger charge is 2.52. The number of tetrazole rings is 1. The SMILES string of the molecule is CC12CC(c3nnnn3CC(F)F)C(CCC1OCc1cc(C(F)(F)F)cc(C(F)(F)F)c1)N2. The number of nitrogens with one attached hydrogen (secondary N) is 1. The van der Waals surface area contributed by atoms with Crippen molar-refractivity contribution in [2.75, 3.05) is 0 Å². The highest BCUT2D eigenvalue weighted by molar-refractivity contribution is 5.33. The van der Waals surface area contributed by atoms with Crippen LogP contribution >= 0.6 is 0 Å². The van der Waals surface area contributed by atoms with Crippen LogP contribution < -0.4 is 5.32 Å². The van der Waals surface area contributed by atoms with Crippen molar-refractivity contribution in [2.24, 2.45) is 0 Å². The molecule has 188 valence electrons. The highest BCUT2D eigenvalue weighted by Crippen LogP contribution is 2.45. The number of hydrogen-bond acceptors (Lipinski definition) is 5. The molecular formula is C20H21F8N5O. The molecule has 4 unspecified atom stereocenters. The third-order valence-electron chi connectivity index (χ3n) is 6.40. The quantitative estimate of drug-likeness (QED) is 0.591. The zero-order valence-electron chi connectivity index (χ0n) is 17.8. The van der Waals surface area contributed by atoms with E-state index in [0.29, 0.717) is 37.2 Å². The van der Waals surface area contributed by atoms with E-state index in [9.17, 15) is 35.1 Å². The Labute approximate surface area is 188 Å². The summed E-state index contributed by atoms with van der Waals surface area (Å²) in [5.41, 5.74) is -3.74. The van der Waals surface area contributed by atoms with E-state index in [1.165, 1.54) is 0 Å². The van der Waals surface area contributed by atoms with Gasteiger partial charge in [-0.3, -0.25) is 0 Å². The maximum absolute atomic E-state index is 13.1. The molecule has 6 nitrogen and oxygen atoms in total. The molecule has 14 heteroatoms. The first-order valence-electron chi connectivity index (χ1n) is 10.5. The second kappa shape index (κ2) is 8.70. The van der Waals surface area contributed by atoms with Gasteiger partial charge < -0.3 is 10.1 Å². The van der Waals surface area contributed by atoms with Crippen molar-refractivity contribution in [2.45, 2.75) is 81.7 Å². The molecule has 2 saturated heterocycles. The highest BCUT2D eigenvalue weighted by atomic mass is 19.4. The Bertz CT molecular complexity index is 991. The standard InChI is InChI=1S/C20H21F8N5O/c1-18-7-13(17-30-31-32-33(17)8-16(21)22)14(29-18)2-3-15(18)34-9-10-4-11(19(23,24)25)6-12(5-10)20(26,27)28/h4-6,13-16,29H,2-3,7-9H2,1H3. The summed E-state index contributed by atoms with van der Waals surface area (Å²) in [4.78, 5) is 0. The average molecular weight is 499 g/mol. The number of fused-ring (bicyclic) bond motifs is 2. The van der Waals surface area contributed by atoms with Gasteiger partial charge in [-0.2, -0.15) is 26.3 Å². The Balaban J connectivity index is 1.50. The van der Waals surface area contributed by atoms with E-state index in [2.05, 4.69) is 20.8 Å². The van der Waals surface area contributed by atoms with Crippen LogP contribution in [0.2, 0.25) is 0 Å². The van der Waals surface area contributed by atoms with Gasteiger partial charge in [0.25, 0.3) is 6.43 Å². The molecule has 2 aliphatic heterocycles. The topological polar surface area (TPSA) is 64.9 Å². The maximum atomic E-state index is 13.1. The monoisotopic (exact) mass is 499 g/mol. The molecule has 0 saturated carbocycles. The van der Waals surface area contributed by atoms with Crippen LogP contribution in [-0.2, 0) is 30.2 Å². The fraction of sp³-hybridized carbons (Fsp3) is 0.650. The van der Waals surface area contributed by atoms with Crippen molar-refractivity contribution in [3.8, 4) is 0 Å². The van der Waals surface area contributed by atoms with E-state index >= 15 is 0 Å². The number of alkyl halides is 8. The normalized spacial score (nSPS) is 27.5. The molecule has 2 bridgehead atoms. The van der Waals surface area contributed by atoms with E-state index in [1.807, 2.05) is 6.92 Å². The van der Waals surface area contributed by atoms with Gasteiger partial charge >= 0.3 is 12.4 Å². The van der Waals surface area contributed by atoms with E-state index in [4.69, 9.17) is 4.74 Å². The van der Waals surface area contributed by atoms with Crippen LogP contribution in [0.5, 0.6) is 0 Å². The molecule has 2 aromatic rings. The molecule has 2 aliphatic rings. The van der Waals surface area contributed by atoms with Crippen molar-refractivity contribution < 1.29 is 39.9 Å². The summed E-state index contributed by atoms with van der Waals surface area (Å²) >= 11 is 0. The van der Waals surface area contributed by atoms with Crippen LogP contribution in [0.3, 0.4) is 0 Å². The summed E-state index contributed by atoms with van der Waals surface area (Å²) in [5, 5.41) is 14.4. The molecule has 4 rings (SSSR count). The van der Waals surface area contributed by atoms with Crippen molar-refractivity contribution >= 4 is 0 Å². The Hall–Kier alpha value is -2.35. The molecular weight excluding hydrogens is 478 g/mol. The zero-order valence-corrected chi connectivity index (χ0v) is 17.8. The van der Waals surface area contributed by atoms with Crippen molar-refractivity contribution in [1.82, 2.24) is 25.5 Å². The van der Waals surface area contributed by atoms with Crippen molar-refractivity contribution in [3.63, 3.8) is 0 Å². The van der Waals surface area contributed by atoms with E-state index in [0.717, 1.165) is 4.68 Å². The third-order valence-corrected chi connectivity index (χ3v) is 6.40. The minimum atomic E-state index is -4.94. The van der Waals surface area contributed by atoms with Gasteiger partial charge in [-0.05, 0) is 60.4 Å². The first-order chi connectivity index (χ1) is 15.8. The van der Waals surface area contributed by atoms with Gasteiger partial charge in [-0.1, -0.05) is 0 Å². The van der Waals surface area contributed by atoms with Gasteiger partial charge in [-0.25, -0.2) is 13.5 Å². The first kappa shape index (κ1) is 24.8. The number of nitrogens with zero attached hydrogens (tertiary/aromatic N) is 4. The molecule has 0 aliphatic carbocycles. The number of halogens is 8. The Morgan fingerprint density at radius 1 is 1.09 bits per heavy atom. The lowest BCUT2D eigenvalue weighted by Crippen LogP contribution is -2.54. The molecule has 0 spiro atoms. The number of ether oxygens (including phenoxy) is 1. The van der Waals surface area contributed by atoms with Gasteiger partial charge in [-0.15, -0.1) is 5.10 Å². The van der Waals surface area contributed by atoms with Gasteiger partial charge in [0.1, 0.15) is 6.54 Å². The molecule has 1 N–H and O–H groups in total. The van der Waals surface area contributed by atoms with Gasteiger partial charge in [0, 0.05) is 17.5 Å². The lowest BCUT2D eigenvalue weighted by atomic mass is 9.88. The summed E-state index contributed by atoms with van der Waals surface area (Å²) in [6.45, 7) is 0.713. The number of hydrogen-bond donors (Lipinski definition) is 1. The summed E-state index contributed by atoms with van der Waals surface area (Å²) in [6, 6.07) is 1.24. The van der Waals surface area contributed by atoms with E-state index in [-0.39, 0.29) is 23.6 Å². The lowest BCUT2D eigenvalue weighted by molar-refractivity contribution is -0.143. The summed E-state index contributed by atoms with van der Waals surface area (Å²) < 4.78 is 111. The molecule has 1 aromatic carbocycles. The maximum Gasteiger partial charge on any atom is 0.416 e. The van der Waals surface area contributed by atoms with E-state index in [1.54, 1.807) is 0 Å². The second-order valence-corrected chi connectivity index (χ2v) is 8.88. The lowest BCUT2D eigenvalue weighted by Gasteiger charge is -2.39. The predicted octanol–water partition coefficient (Wildman–Crippen LogP) is 4.56. The fourth-order valence-corrected chi connectivity index (χ4v) is 4.91.